The van der Waals surface area contributed by atoms with Crippen molar-refractivity contribution in [1.82, 2.24) is 0 Å². The lowest BCUT2D eigenvalue weighted by atomic mass is 9.94. The van der Waals surface area contributed by atoms with Crippen LogP contribution < -0.4 is 9.84 Å². The monoisotopic (exact) mass is 333 g/mol. The lowest BCUT2D eigenvalue weighted by Gasteiger charge is -2.16. The van der Waals surface area contributed by atoms with E-state index in [1.807, 2.05) is 19.9 Å². The Hall–Kier alpha value is -2.50. The molecule has 1 heterocycles. The summed E-state index contributed by atoms with van der Waals surface area (Å²) in [5, 5.41) is 21.3. The summed E-state index contributed by atoms with van der Waals surface area (Å²) in [5.41, 5.74) is 2.95. The molecule has 1 unspecified atom stereocenters. The quantitative estimate of drug-likeness (QED) is 0.628. The van der Waals surface area contributed by atoms with Crippen molar-refractivity contribution in [3.8, 4) is 11.5 Å². The SMILES string of the molecule is COc1c(C)c2c(c(O)c1C/C=C(\C)CC(C)C(=O)[O-])C(=O)OC2. The first-order valence-electron chi connectivity index (χ1n) is 7.72. The summed E-state index contributed by atoms with van der Waals surface area (Å²) in [4.78, 5) is 22.7. The number of cyclic esters (lactones) is 1. The van der Waals surface area contributed by atoms with E-state index in [1.165, 1.54) is 7.11 Å². The van der Waals surface area contributed by atoms with Crippen LogP contribution in [0.15, 0.2) is 11.6 Å². The van der Waals surface area contributed by atoms with Gasteiger partial charge in [-0.15, -0.1) is 0 Å². The molecule has 0 aliphatic carbocycles. The number of hydrogen-bond donors (Lipinski definition) is 1. The molecule has 1 aromatic carbocycles. The first-order valence-corrected chi connectivity index (χ1v) is 7.72. The molecule has 1 atom stereocenters. The minimum Gasteiger partial charge on any atom is -0.550 e. The molecule has 1 aliphatic rings. The summed E-state index contributed by atoms with van der Waals surface area (Å²) in [6, 6.07) is 0. The fourth-order valence-corrected chi connectivity index (χ4v) is 2.95. The smallest absolute Gasteiger partial charge is 0.342 e. The van der Waals surface area contributed by atoms with Crippen LogP contribution in [-0.4, -0.2) is 24.2 Å². The van der Waals surface area contributed by atoms with Crippen molar-refractivity contribution in [2.45, 2.75) is 40.2 Å². The maximum atomic E-state index is 11.8. The average Bonchev–Trinajstić information content (AvgIpc) is 2.91. The normalized spacial score (nSPS) is 15.0. The zero-order valence-corrected chi connectivity index (χ0v) is 14.3. The van der Waals surface area contributed by atoms with E-state index in [0.29, 0.717) is 29.7 Å². The number of hydrogen-bond acceptors (Lipinski definition) is 6. The van der Waals surface area contributed by atoms with Crippen molar-refractivity contribution in [3.63, 3.8) is 0 Å². The number of fused-ring (bicyclic) bond motifs is 1. The molecule has 0 radical (unpaired) electrons. The van der Waals surface area contributed by atoms with Gasteiger partial charge < -0.3 is 24.5 Å². The number of allylic oxidation sites excluding steroid dienone is 2. The van der Waals surface area contributed by atoms with Gasteiger partial charge >= 0.3 is 5.97 Å². The van der Waals surface area contributed by atoms with E-state index in [0.717, 1.165) is 11.1 Å². The molecule has 0 bridgehead atoms. The van der Waals surface area contributed by atoms with Gasteiger partial charge in [-0.2, -0.15) is 0 Å². The van der Waals surface area contributed by atoms with Crippen molar-refractivity contribution < 1.29 is 29.3 Å². The zero-order valence-electron chi connectivity index (χ0n) is 14.3. The van der Waals surface area contributed by atoms with Gasteiger partial charge in [-0.1, -0.05) is 18.6 Å². The highest BCUT2D eigenvalue weighted by molar-refractivity contribution is 5.98. The van der Waals surface area contributed by atoms with Gasteiger partial charge in [0.1, 0.15) is 23.7 Å². The van der Waals surface area contributed by atoms with Gasteiger partial charge in [0.2, 0.25) is 0 Å². The summed E-state index contributed by atoms with van der Waals surface area (Å²) in [6.07, 6.45) is 2.50. The molecule has 130 valence electrons. The molecule has 6 heteroatoms. The van der Waals surface area contributed by atoms with E-state index in [2.05, 4.69) is 0 Å². The molecule has 0 fully saturated rings. The van der Waals surface area contributed by atoms with Gasteiger partial charge in [-0.3, -0.25) is 0 Å². The number of aliphatic carboxylic acids is 1. The van der Waals surface area contributed by atoms with Gasteiger partial charge in [0.25, 0.3) is 0 Å². The number of carboxylic acid groups (broad SMARTS) is 1. The second-order valence-corrected chi connectivity index (χ2v) is 6.09. The van der Waals surface area contributed by atoms with E-state index in [9.17, 15) is 19.8 Å². The number of aromatic hydroxyl groups is 1. The molecule has 1 N–H and O–H groups in total. The Bertz CT molecular complexity index is 717. The van der Waals surface area contributed by atoms with Crippen LogP contribution in [0.5, 0.6) is 11.5 Å². The molecule has 1 aromatic rings. The minimum atomic E-state index is -1.10. The number of carbonyl (C=O) groups is 2. The highest BCUT2D eigenvalue weighted by Gasteiger charge is 2.31. The van der Waals surface area contributed by atoms with Crippen molar-refractivity contribution >= 4 is 11.9 Å². The van der Waals surface area contributed by atoms with Crippen LogP contribution in [0.25, 0.3) is 0 Å². The van der Waals surface area contributed by atoms with Crippen LogP contribution in [0.4, 0.5) is 0 Å². The Balaban J connectivity index is 2.37. The molecule has 6 nitrogen and oxygen atoms in total. The fourth-order valence-electron chi connectivity index (χ4n) is 2.95. The van der Waals surface area contributed by atoms with E-state index in [-0.39, 0.29) is 17.9 Å². The number of benzene rings is 1. The number of rotatable bonds is 6. The lowest BCUT2D eigenvalue weighted by molar-refractivity contribution is -0.310. The third kappa shape index (κ3) is 3.22. The highest BCUT2D eigenvalue weighted by Crippen LogP contribution is 2.42. The number of ether oxygens (including phenoxy) is 2. The summed E-state index contributed by atoms with van der Waals surface area (Å²) in [6.45, 7) is 5.34. The Labute approximate surface area is 140 Å². The van der Waals surface area contributed by atoms with Crippen LogP contribution >= 0.6 is 0 Å². The topological polar surface area (TPSA) is 95.9 Å². The van der Waals surface area contributed by atoms with Gasteiger partial charge in [-0.05, 0) is 38.2 Å². The van der Waals surface area contributed by atoms with Crippen LogP contribution in [-0.2, 0) is 22.6 Å². The van der Waals surface area contributed by atoms with E-state index < -0.39 is 17.9 Å². The standard InChI is InChI=1S/C18H22O6/c1-9(7-10(2)17(20)21)5-6-12-15(19)14-13(8-24-18(14)22)11(3)16(12)23-4/h5,10,19H,6-8H2,1-4H3,(H,20,21)/p-1/b9-5+. The van der Waals surface area contributed by atoms with Crippen LogP contribution in [0, 0.1) is 12.8 Å². The molecule has 1 aliphatic heterocycles. The second kappa shape index (κ2) is 6.95. The summed E-state index contributed by atoms with van der Waals surface area (Å²) in [5.74, 6) is -1.85. The molecule has 0 aromatic heterocycles. The van der Waals surface area contributed by atoms with Gasteiger partial charge in [-0.25, -0.2) is 4.79 Å². The van der Waals surface area contributed by atoms with Crippen molar-refractivity contribution in [3.05, 3.63) is 33.9 Å². The summed E-state index contributed by atoms with van der Waals surface area (Å²) >= 11 is 0. The zero-order chi connectivity index (χ0) is 18.0. The average molecular weight is 333 g/mol. The predicted octanol–water partition coefficient (Wildman–Crippen LogP) is 1.64. The number of carboxylic acids is 1. The van der Waals surface area contributed by atoms with E-state index in [4.69, 9.17) is 9.47 Å². The molecule has 0 saturated carbocycles. The molecular weight excluding hydrogens is 312 g/mol. The Morgan fingerprint density at radius 3 is 2.75 bits per heavy atom. The highest BCUT2D eigenvalue weighted by atomic mass is 16.5. The van der Waals surface area contributed by atoms with Crippen molar-refractivity contribution in [2.75, 3.05) is 7.11 Å². The summed E-state index contributed by atoms with van der Waals surface area (Å²) in [7, 11) is 1.50. The van der Waals surface area contributed by atoms with E-state index in [1.54, 1.807) is 6.92 Å². The largest absolute Gasteiger partial charge is 0.550 e. The molecular formula is C18H21O6-. The number of esters is 1. The second-order valence-electron chi connectivity index (χ2n) is 6.09. The molecule has 0 saturated heterocycles. The Morgan fingerprint density at radius 1 is 1.50 bits per heavy atom. The van der Waals surface area contributed by atoms with Crippen LogP contribution in [0.2, 0.25) is 0 Å². The molecule has 2 rings (SSSR count). The summed E-state index contributed by atoms with van der Waals surface area (Å²) < 4.78 is 10.4. The van der Waals surface area contributed by atoms with Crippen molar-refractivity contribution in [2.24, 2.45) is 5.92 Å². The van der Waals surface area contributed by atoms with E-state index >= 15 is 0 Å². The van der Waals surface area contributed by atoms with Crippen LogP contribution in [0.3, 0.4) is 0 Å². The third-order valence-corrected chi connectivity index (χ3v) is 4.33. The van der Waals surface area contributed by atoms with Crippen LogP contribution in [0.1, 0.15) is 47.3 Å². The third-order valence-electron chi connectivity index (χ3n) is 4.33. The number of phenols is 1. The minimum absolute atomic E-state index is 0.127. The molecule has 0 amide bonds. The Kier molecular flexibility index (Phi) is 5.17. The molecule has 24 heavy (non-hydrogen) atoms. The number of carbonyl (C=O) groups excluding carboxylic acids is 2. The van der Waals surface area contributed by atoms with Gasteiger partial charge in [0.05, 0.1) is 7.11 Å². The first-order chi connectivity index (χ1) is 11.3. The van der Waals surface area contributed by atoms with Gasteiger partial charge in [0.15, 0.2) is 0 Å². The van der Waals surface area contributed by atoms with Crippen molar-refractivity contribution in [1.29, 1.82) is 0 Å². The number of phenolic OH excluding ortho intramolecular Hbond substituents is 1. The number of methoxy groups -OCH3 is 1. The lowest BCUT2D eigenvalue weighted by Crippen LogP contribution is -2.29. The Morgan fingerprint density at radius 2 is 2.17 bits per heavy atom. The molecule has 0 spiro atoms. The predicted molar refractivity (Wildman–Crippen MR) is 84.8 cm³/mol. The van der Waals surface area contributed by atoms with Gasteiger partial charge in [0, 0.05) is 17.1 Å². The fraction of sp³-hybridized carbons (Fsp3) is 0.444. The first kappa shape index (κ1) is 17.8. The maximum Gasteiger partial charge on any atom is 0.342 e. The maximum absolute atomic E-state index is 11.8.